The van der Waals surface area contributed by atoms with Gasteiger partial charge < -0.3 is 14.0 Å². The van der Waals surface area contributed by atoms with Crippen molar-refractivity contribution in [2.45, 2.75) is 33.2 Å². The molecule has 3 rings (SSSR count). The lowest BCUT2D eigenvalue weighted by molar-refractivity contribution is 0.0600. The van der Waals surface area contributed by atoms with E-state index < -0.39 is 0 Å². The highest BCUT2D eigenvalue weighted by atomic mass is 16.5. The fourth-order valence-corrected chi connectivity index (χ4v) is 3.52. The summed E-state index contributed by atoms with van der Waals surface area (Å²) in [7, 11) is 2.97. The number of methoxy groups -OCH3 is 2. The van der Waals surface area contributed by atoms with Crippen LogP contribution in [0.4, 0.5) is 0 Å². The largest absolute Gasteiger partial charge is 0.496 e. The quantitative estimate of drug-likeness (QED) is 0.593. The zero-order valence-electron chi connectivity index (χ0n) is 17.0. The van der Waals surface area contributed by atoms with Crippen molar-refractivity contribution >= 4 is 5.97 Å². The molecule has 2 aromatic carbocycles. The zero-order valence-corrected chi connectivity index (χ0v) is 17.0. The molecule has 1 heterocycles. The van der Waals surface area contributed by atoms with Gasteiger partial charge in [-0.15, -0.1) is 0 Å². The molecule has 0 unspecified atom stereocenters. The number of aromatic nitrogens is 2. The second-order valence-corrected chi connectivity index (χ2v) is 6.94. The average Bonchev–Trinajstić information content (AvgIpc) is 3.17. The molecule has 146 valence electrons. The van der Waals surface area contributed by atoms with Crippen LogP contribution in [0.3, 0.4) is 0 Å². The lowest BCUT2D eigenvalue weighted by Crippen LogP contribution is -2.11. The number of esters is 1. The number of aryl methyl sites for hydroxylation is 1. The number of imidazole rings is 1. The van der Waals surface area contributed by atoms with Gasteiger partial charge in [-0.25, -0.2) is 9.78 Å². The van der Waals surface area contributed by atoms with E-state index in [4.69, 9.17) is 9.47 Å². The first kappa shape index (κ1) is 19.7. The van der Waals surface area contributed by atoms with Crippen LogP contribution in [0, 0.1) is 13.8 Å². The molecule has 0 aliphatic rings. The Kier molecular flexibility index (Phi) is 5.83. The summed E-state index contributed by atoms with van der Waals surface area (Å²) in [5.41, 5.74) is 5.30. The van der Waals surface area contributed by atoms with Crippen LogP contribution in [0.1, 0.15) is 51.3 Å². The van der Waals surface area contributed by atoms with Crippen molar-refractivity contribution in [2.75, 3.05) is 14.2 Å². The highest BCUT2D eigenvalue weighted by Gasteiger charge is 2.18. The fourth-order valence-electron chi connectivity index (χ4n) is 3.52. The number of hydrogen-bond acceptors (Lipinski definition) is 4. The number of ether oxygens (including phenoxy) is 2. The van der Waals surface area contributed by atoms with Gasteiger partial charge in [0.2, 0.25) is 0 Å². The molecule has 0 saturated heterocycles. The highest BCUT2D eigenvalue weighted by molar-refractivity contribution is 5.89. The number of carbonyl (C=O) groups excluding carboxylic acids is 1. The van der Waals surface area contributed by atoms with Crippen LogP contribution in [-0.2, 0) is 11.3 Å². The topological polar surface area (TPSA) is 53.4 Å². The third-order valence-electron chi connectivity index (χ3n) is 5.30. The molecule has 0 amide bonds. The van der Waals surface area contributed by atoms with Gasteiger partial charge in [-0.05, 0) is 42.7 Å². The third kappa shape index (κ3) is 3.79. The molecule has 0 radical (unpaired) electrons. The molecule has 1 atom stereocenters. The van der Waals surface area contributed by atoms with Crippen molar-refractivity contribution in [1.29, 1.82) is 0 Å². The third-order valence-corrected chi connectivity index (χ3v) is 5.30. The maximum atomic E-state index is 11.8. The van der Waals surface area contributed by atoms with Crippen LogP contribution in [0.2, 0.25) is 0 Å². The van der Waals surface area contributed by atoms with Crippen molar-refractivity contribution in [3.63, 3.8) is 0 Å². The fraction of sp³-hybridized carbons (Fsp3) is 0.304. The number of rotatable bonds is 6. The van der Waals surface area contributed by atoms with Gasteiger partial charge in [0.1, 0.15) is 11.6 Å². The highest BCUT2D eigenvalue weighted by Crippen LogP contribution is 2.29. The Morgan fingerprint density at radius 1 is 1.18 bits per heavy atom. The second-order valence-electron chi connectivity index (χ2n) is 6.94. The predicted octanol–water partition coefficient (Wildman–Crippen LogP) is 4.50. The van der Waals surface area contributed by atoms with Crippen molar-refractivity contribution in [3.05, 3.63) is 82.4 Å². The van der Waals surface area contributed by atoms with E-state index in [9.17, 15) is 4.79 Å². The summed E-state index contributed by atoms with van der Waals surface area (Å²) in [5.74, 6) is 1.43. The molecule has 0 N–H and O–H groups in total. The Morgan fingerprint density at radius 3 is 2.68 bits per heavy atom. The smallest absolute Gasteiger partial charge is 0.337 e. The normalized spacial score (nSPS) is 11.9. The SMILES string of the molecule is COC(=O)c1ccc(Cn2ccnc2[C@@H](C)c2cccc(C)c2C)c(OC)c1. The molecule has 0 spiro atoms. The molecule has 1 aromatic heterocycles. The van der Waals surface area contributed by atoms with Crippen LogP contribution in [0.5, 0.6) is 5.75 Å². The van der Waals surface area contributed by atoms with Gasteiger partial charge in [0, 0.05) is 23.9 Å². The van der Waals surface area contributed by atoms with Gasteiger partial charge in [-0.2, -0.15) is 0 Å². The van der Waals surface area contributed by atoms with Crippen LogP contribution < -0.4 is 4.74 Å². The zero-order chi connectivity index (χ0) is 20.3. The Hall–Kier alpha value is -3.08. The van der Waals surface area contributed by atoms with E-state index in [2.05, 4.69) is 48.5 Å². The van der Waals surface area contributed by atoms with Crippen molar-refractivity contribution in [2.24, 2.45) is 0 Å². The van der Waals surface area contributed by atoms with Crippen LogP contribution in [0.15, 0.2) is 48.8 Å². The van der Waals surface area contributed by atoms with Gasteiger partial charge >= 0.3 is 5.97 Å². The Labute approximate surface area is 165 Å². The van der Waals surface area contributed by atoms with E-state index in [1.54, 1.807) is 19.2 Å². The maximum absolute atomic E-state index is 11.8. The number of carbonyl (C=O) groups is 1. The monoisotopic (exact) mass is 378 g/mol. The van der Waals surface area contributed by atoms with Gasteiger partial charge in [0.15, 0.2) is 0 Å². The molecule has 0 fully saturated rings. The van der Waals surface area contributed by atoms with E-state index in [0.29, 0.717) is 17.9 Å². The van der Waals surface area contributed by atoms with E-state index in [-0.39, 0.29) is 11.9 Å². The first-order valence-corrected chi connectivity index (χ1v) is 9.28. The average molecular weight is 378 g/mol. The summed E-state index contributed by atoms with van der Waals surface area (Å²) in [5, 5.41) is 0. The van der Waals surface area contributed by atoms with Crippen molar-refractivity contribution in [1.82, 2.24) is 9.55 Å². The summed E-state index contributed by atoms with van der Waals surface area (Å²) < 4.78 is 12.4. The van der Waals surface area contributed by atoms with Crippen molar-refractivity contribution < 1.29 is 14.3 Å². The Bertz CT molecular complexity index is 991. The van der Waals surface area contributed by atoms with E-state index in [0.717, 1.165) is 11.4 Å². The molecular formula is C23H26N2O3. The molecule has 0 saturated carbocycles. The van der Waals surface area contributed by atoms with Gasteiger partial charge in [-0.1, -0.05) is 31.2 Å². The minimum Gasteiger partial charge on any atom is -0.496 e. The summed E-state index contributed by atoms with van der Waals surface area (Å²) in [6.45, 7) is 7.07. The lowest BCUT2D eigenvalue weighted by atomic mass is 9.93. The van der Waals surface area contributed by atoms with Gasteiger partial charge in [0.05, 0.1) is 26.3 Å². The second kappa shape index (κ2) is 8.30. The lowest BCUT2D eigenvalue weighted by Gasteiger charge is -2.18. The van der Waals surface area contributed by atoms with E-state index >= 15 is 0 Å². The summed E-state index contributed by atoms with van der Waals surface area (Å²) >= 11 is 0. The number of nitrogens with zero attached hydrogens (tertiary/aromatic N) is 2. The van der Waals surface area contributed by atoms with Gasteiger partial charge in [0.25, 0.3) is 0 Å². The van der Waals surface area contributed by atoms with Crippen LogP contribution in [0.25, 0.3) is 0 Å². The van der Waals surface area contributed by atoms with Crippen LogP contribution >= 0.6 is 0 Å². The predicted molar refractivity (Wildman–Crippen MR) is 109 cm³/mol. The number of benzene rings is 2. The Morgan fingerprint density at radius 2 is 1.96 bits per heavy atom. The molecule has 28 heavy (non-hydrogen) atoms. The minimum absolute atomic E-state index is 0.162. The molecule has 0 bridgehead atoms. The summed E-state index contributed by atoms with van der Waals surface area (Å²) in [6, 6.07) is 11.8. The van der Waals surface area contributed by atoms with Gasteiger partial charge in [-0.3, -0.25) is 0 Å². The standard InChI is InChI=1S/C23H26N2O3/c1-15-7-6-8-20(16(15)2)17(3)22-24-11-12-25(22)14-19-10-9-18(23(26)28-5)13-21(19)27-4/h6-13,17H,14H2,1-5H3/t17-/m0/s1. The first-order valence-electron chi connectivity index (χ1n) is 9.28. The Balaban J connectivity index is 1.92. The molecule has 5 heteroatoms. The first-order chi connectivity index (χ1) is 13.5. The summed E-state index contributed by atoms with van der Waals surface area (Å²) in [4.78, 5) is 16.4. The number of hydrogen-bond donors (Lipinski definition) is 0. The molecule has 5 nitrogen and oxygen atoms in total. The van der Waals surface area contributed by atoms with E-state index in [1.807, 2.05) is 18.5 Å². The van der Waals surface area contributed by atoms with Crippen LogP contribution in [-0.4, -0.2) is 29.7 Å². The molecule has 3 aromatic rings. The van der Waals surface area contributed by atoms with E-state index in [1.165, 1.54) is 23.8 Å². The summed E-state index contributed by atoms with van der Waals surface area (Å²) in [6.07, 6.45) is 3.80. The molecule has 0 aliphatic heterocycles. The molecular weight excluding hydrogens is 352 g/mol. The maximum Gasteiger partial charge on any atom is 0.337 e. The molecule has 0 aliphatic carbocycles. The minimum atomic E-state index is -0.378. The van der Waals surface area contributed by atoms with Crippen molar-refractivity contribution in [3.8, 4) is 5.75 Å².